The maximum atomic E-state index is 14.7. The molecule has 4 aromatic carbocycles. The topological polar surface area (TPSA) is 158 Å². The van der Waals surface area contributed by atoms with E-state index < -0.39 is 29.1 Å². The summed E-state index contributed by atoms with van der Waals surface area (Å²) in [6.07, 6.45) is 2.33. The average Bonchev–Trinajstić information content (AvgIpc) is 3.94. The summed E-state index contributed by atoms with van der Waals surface area (Å²) in [6.45, 7) is 18.1. The first-order chi connectivity index (χ1) is 34.7. The van der Waals surface area contributed by atoms with Gasteiger partial charge in [0.05, 0.1) is 29.4 Å². The zero-order chi connectivity index (χ0) is 52.5. The van der Waals surface area contributed by atoms with Crippen molar-refractivity contribution in [3.8, 4) is 22.6 Å². The SMILES string of the molecule is CCCC(C(=O)NC=O)N1Cc2c(OC(C)(C)C(=O)N3CCN(CCn4c(C(=O)OC(C)(C)C)c(CCCOc5cccc6cc(F)ccc56)c5ccc(Cl)c(-c6c(C)nn(C)c6C)c54)CC3)cccc2C1=O. The lowest BCUT2D eigenvalue weighted by Gasteiger charge is -2.38. The smallest absolute Gasteiger partial charge is 0.355 e. The van der Waals surface area contributed by atoms with Gasteiger partial charge in [-0.25, -0.2) is 9.18 Å². The minimum Gasteiger partial charge on any atom is -0.493 e. The van der Waals surface area contributed by atoms with Crippen molar-refractivity contribution < 1.29 is 42.6 Å². The van der Waals surface area contributed by atoms with E-state index in [2.05, 4.69) is 14.8 Å². The van der Waals surface area contributed by atoms with E-state index in [0.717, 1.165) is 49.8 Å². The van der Waals surface area contributed by atoms with Crippen molar-refractivity contribution in [3.63, 3.8) is 0 Å². The number of rotatable bonds is 18. The molecule has 4 amide bonds. The summed E-state index contributed by atoms with van der Waals surface area (Å²) in [5.41, 5.74) is 4.29. The highest BCUT2D eigenvalue weighted by Crippen LogP contribution is 2.43. The molecule has 1 atom stereocenters. The van der Waals surface area contributed by atoms with Crippen LogP contribution in [-0.4, -0.2) is 116 Å². The average molecular weight is 1020 g/mol. The molecule has 0 bridgehead atoms. The van der Waals surface area contributed by atoms with E-state index in [1.165, 1.54) is 17.0 Å². The van der Waals surface area contributed by atoms with E-state index in [1.54, 1.807) is 43.0 Å². The number of nitrogens with zero attached hydrogens (tertiary/aromatic N) is 6. The van der Waals surface area contributed by atoms with Gasteiger partial charge in [-0.2, -0.15) is 5.10 Å². The van der Waals surface area contributed by atoms with E-state index >= 15 is 0 Å². The molecule has 1 unspecified atom stereocenters. The van der Waals surface area contributed by atoms with Gasteiger partial charge in [0.2, 0.25) is 12.3 Å². The lowest BCUT2D eigenvalue weighted by molar-refractivity contribution is -0.147. The maximum Gasteiger partial charge on any atom is 0.355 e. The van der Waals surface area contributed by atoms with Gasteiger partial charge in [0.1, 0.15) is 34.7 Å². The van der Waals surface area contributed by atoms with Crippen molar-refractivity contribution >= 4 is 63.4 Å². The summed E-state index contributed by atoms with van der Waals surface area (Å²) < 4.78 is 37.0. The van der Waals surface area contributed by atoms with Gasteiger partial charge in [0.15, 0.2) is 5.60 Å². The molecule has 4 heterocycles. The highest BCUT2D eigenvalue weighted by atomic mass is 35.5. The second kappa shape index (κ2) is 21.4. The molecule has 0 saturated carbocycles. The van der Waals surface area contributed by atoms with Gasteiger partial charge in [0, 0.05) is 85.0 Å². The van der Waals surface area contributed by atoms with Gasteiger partial charge in [-0.05, 0) is 121 Å². The Kier molecular flexibility index (Phi) is 15.4. The number of benzene rings is 4. The predicted octanol–water partition coefficient (Wildman–Crippen LogP) is 8.97. The number of hydrogen-bond acceptors (Lipinski definition) is 10. The quantitative estimate of drug-likeness (QED) is 0.0501. The number of ether oxygens (including phenoxy) is 3. The molecule has 1 fully saturated rings. The van der Waals surface area contributed by atoms with Crippen LogP contribution >= 0.6 is 11.6 Å². The molecule has 0 aliphatic carbocycles. The molecule has 2 aliphatic heterocycles. The van der Waals surface area contributed by atoms with Crippen molar-refractivity contribution in [3.05, 3.63) is 111 Å². The predicted molar refractivity (Wildman–Crippen MR) is 278 cm³/mol. The Balaban J connectivity index is 1.04. The van der Waals surface area contributed by atoms with Crippen LogP contribution in [0.25, 0.3) is 32.8 Å². The van der Waals surface area contributed by atoms with Crippen LogP contribution in [0.2, 0.25) is 5.02 Å². The summed E-state index contributed by atoms with van der Waals surface area (Å²) >= 11 is 7.22. The van der Waals surface area contributed by atoms with Crippen molar-refractivity contribution in [1.82, 2.24) is 34.4 Å². The normalized spacial score (nSPS) is 14.7. The summed E-state index contributed by atoms with van der Waals surface area (Å²) in [5, 5.41) is 9.89. The number of imide groups is 1. The fourth-order valence-corrected chi connectivity index (χ4v) is 10.6. The van der Waals surface area contributed by atoms with Crippen molar-refractivity contribution in [2.75, 3.05) is 39.3 Å². The zero-order valence-corrected chi connectivity index (χ0v) is 44.0. The fraction of sp³-hybridized carbons (Fsp3) is 0.429. The van der Waals surface area contributed by atoms with Crippen LogP contribution in [-0.2, 0) is 45.7 Å². The van der Waals surface area contributed by atoms with Crippen LogP contribution in [0.3, 0.4) is 0 Å². The van der Waals surface area contributed by atoms with Gasteiger partial charge in [0.25, 0.3) is 11.8 Å². The maximum absolute atomic E-state index is 14.7. The molecule has 1 N–H and O–H groups in total. The van der Waals surface area contributed by atoms with Crippen molar-refractivity contribution in [1.29, 1.82) is 0 Å². The highest BCUT2D eigenvalue weighted by Gasteiger charge is 2.41. The summed E-state index contributed by atoms with van der Waals surface area (Å²) in [6, 6.07) is 18.3. The summed E-state index contributed by atoms with van der Waals surface area (Å²) in [5.74, 6) is -0.860. The van der Waals surface area contributed by atoms with E-state index in [9.17, 15) is 28.4 Å². The molecule has 17 heteroatoms. The van der Waals surface area contributed by atoms with Gasteiger partial charge < -0.3 is 28.6 Å². The molecular formula is C56H65ClFN7O8. The van der Waals surface area contributed by atoms with Crippen LogP contribution in [0.5, 0.6) is 11.5 Å². The third kappa shape index (κ3) is 10.8. The minimum atomic E-state index is -1.31. The standard InChI is InChI=1S/C56H65ClFN7O8/c1-10-14-44(51(67)59-33-66)65-32-42-41(52(65)68)16-12-19-46(42)72-56(7,8)54(70)63-27-24-62(25-28-63)26-29-64-49-40(22-23-43(57)48(49)47-34(2)60-61(9)35(47)3)39(50(64)53(69)73-55(4,5)6)17-13-30-71-45-18-11-15-36-31-37(58)20-21-38(36)45/h11-12,15-16,18-23,31,33,44H,10,13-14,17,24-30,32H2,1-9H3,(H,59,66,67). The molecular weight excluding hydrogens is 953 g/mol. The zero-order valence-electron chi connectivity index (χ0n) is 43.2. The largest absolute Gasteiger partial charge is 0.493 e. The number of aryl methyl sites for hydroxylation is 3. The summed E-state index contributed by atoms with van der Waals surface area (Å²) in [4.78, 5) is 72.1. The monoisotopic (exact) mass is 1020 g/mol. The molecule has 2 aromatic heterocycles. The molecule has 73 heavy (non-hydrogen) atoms. The second-order valence-corrected chi connectivity index (χ2v) is 20.8. The third-order valence-corrected chi connectivity index (χ3v) is 14.1. The lowest BCUT2D eigenvalue weighted by atomic mass is 9.98. The Labute approximate surface area is 430 Å². The van der Waals surface area contributed by atoms with Crippen LogP contribution in [0.4, 0.5) is 4.39 Å². The fourth-order valence-electron chi connectivity index (χ4n) is 10.3. The highest BCUT2D eigenvalue weighted by molar-refractivity contribution is 6.35. The number of hydrogen-bond donors (Lipinski definition) is 1. The number of aromatic nitrogens is 3. The lowest BCUT2D eigenvalue weighted by Crippen LogP contribution is -2.56. The van der Waals surface area contributed by atoms with Crippen LogP contribution in [0.15, 0.2) is 66.7 Å². The number of carbonyl (C=O) groups is 5. The Morgan fingerprint density at radius 1 is 0.918 bits per heavy atom. The molecule has 1 saturated heterocycles. The van der Waals surface area contributed by atoms with Crippen LogP contribution in [0, 0.1) is 19.7 Å². The molecule has 2 aliphatic rings. The van der Waals surface area contributed by atoms with Gasteiger partial charge in [-0.3, -0.25) is 34.1 Å². The number of amides is 4. The molecule has 386 valence electrons. The van der Waals surface area contributed by atoms with E-state index in [1.807, 2.05) is 83.6 Å². The number of esters is 1. The molecule has 8 rings (SSSR count). The Bertz CT molecular complexity index is 3110. The molecule has 0 spiro atoms. The Hall–Kier alpha value is -6.78. The first-order valence-electron chi connectivity index (χ1n) is 25.0. The number of nitrogens with one attached hydrogen (secondary N) is 1. The minimum absolute atomic E-state index is 0.0948. The van der Waals surface area contributed by atoms with Crippen LogP contribution in [0.1, 0.15) is 104 Å². The molecule has 6 aromatic rings. The van der Waals surface area contributed by atoms with E-state index in [0.29, 0.717) is 111 Å². The van der Waals surface area contributed by atoms with Crippen LogP contribution < -0.4 is 14.8 Å². The number of carbonyl (C=O) groups excluding carboxylic acids is 5. The van der Waals surface area contributed by atoms with Crippen molar-refractivity contribution in [2.24, 2.45) is 7.05 Å². The van der Waals surface area contributed by atoms with Gasteiger partial charge >= 0.3 is 5.97 Å². The number of fused-ring (bicyclic) bond motifs is 3. The summed E-state index contributed by atoms with van der Waals surface area (Å²) in [7, 11) is 1.90. The van der Waals surface area contributed by atoms with Gasteiger partial charge in [-0.1, -0.05) is 49.2 Å². The second-order valence-electron chi connectivity index (χ2n) is 20.4. The third-order valence-electron chi connectivity index (χ3n) is 13.8. The Morgan fingerprint density at radius 2 is 1.63 bits per heavy atom. The number of halogens is 2. The van der Waals surface area contributed by atoms with Gasteiger partial charge in [-0.15, -0.1) is 0 Å². The molecule has 0 radical (unpaired) electrons. The van der Waals surface area contributed by atoms with E-state index in [4.69, 9.17) is 30.9 Å². The Morgan fingerprint density at radius 3 is 2.32 bits per heavy atom. The first-order valence-corrected chi connectivity index (χ1v) is 25.4. The first kappa shape index (κ1) is 52.5. The van der Waals surface area contributed by atoms with E-state index in [-0.39, 0.29) is 24.2 Å². The molecule has 15 nitrogen and oxygen atoms in total. The van der Waals surface area contributed by atoms with Crippen molar-refractivity contribution in [2.45, 2.75) is 111 Å². The number of piperazine rings is 1.